The molecule has 0 spiro atoms. The van der Waals surface area contributed by atoms with Gasteiger partial charge in [0.25, 0.3) is 0 Å². The van der Waals surface area contributed by atoms with Gasteiger partial charge in [-0.1, -0.05) is 30.3 Å². The van der Waals surface area contributed by atoms with Crippen LogP contribution in [0.3, 0.4) is 0 Å². The number of ether oxygens (including phenoxy) is 1. The lowest BCUT2D eigenvalue weighted by Crippen LogP contribution is -2.13. The van der Waals surface area contributed by atoms with Gasteiger partial charge < -0.3 is 16.3 Å². The largest absolute Gasteiger partial charge is 0.481 e. The van der Waals surface area contributed by atoms with Crippen molar-refractivity contribution in [1.29, 1.82) is 0 Å². The molecule has 2 heterocycles. The number of benzene rings is 1. The van der Waals surface area contributed by atoms with Gasteiger partial charge in [-0.25, -0.2) is 14.6 Å². The summed E-state index contributed by atoms with van der Waals surface area (Å²) in [7, 11) is 1.57. The fourth-order valence-electron chi connectivity index (χ4n) is 2.09. The number of nitrogens with two attached hydrogens (primary N) is 2. The smallest absolute Gasteiger partial charge is 0.212 e. The first-order valence-corrected chi connectivity index (χ1v) is 6.40. The number of nitrogen functional groups attached to an aromatic ring is 2. The number of imidazole rings is 1. The standard InChI is InChI=1S/C15H15N5O/c1-21-12-8-7-11(9-18-12)13-14(16)20(17)15(19-13)10-5-3-2-4-6-10/h2-9H,16-17H2,1H3. The maximum Gasteiger partial charge on any atom is 0.212 e. The number of rotatable bonds is 3. The number of methoxy groups -OCH3 is 1. The van der Waals surface area contributed by atoms with Crippen LogP contribution >= 0.6 is 0 Å². The molecule has 21 heavy (non-hydrogen) atoms. The molecule has 1 aromatic carbocycles. The minimum atomic E-state index is 0.390. The van der Waals surface area contributed by atoms with E-state index in [0.717, 1.165) is 11.1 Å². The van der Waals surface area contributed by atoms with Crippen molar-refractivity contribution in [3.8, 4) is 28.5 Å². The van der Waals surface area contributed by atoms with Gasteiger partial charge in [-0.3, -0.25) is 0 Å². The highest BCUT2D eigenvalue weighted by Gasteiger charge is 2.16. The molecule has 0 saturated heterocycles. The van der Waals surface area contributed by atoms with E-state index in [4.69, 9.17) is 16.3 Å². The highest BCUT2D eigenvalue weighted by atomic mass is 16.5. The number of hydrogen-bond donors (Lipinski definition) is 2. The molecule has 0 aliphatic carbocycles. The van der Waals surface area contributed by atoms with Crippen LogP contribution in [-0.4, -0.2) is 21.8 Å². The van der Waals surface area contributed by atoms with Gasteiger partial charge in [0.05, 0.1) is 7.11 Å². The summed E-state index contributed by atoms with van der Waals surface area (Å²) in [5, 5.41) is 0. The average molecular weight is 281 g/mol. The summed E-state index contributed by atoms with van der Waals surface area (Å²) in [5.74, 6) is 7.55. The van der Waals surface area contributed by atoms with Crippen molar-refractivity contribution in [2.24, 2.45) is 0 Å². The zero-order chi connectivity index (χ0) is 14.8. The molecule has 0 amide bonds. The quantitative estimate of drug-likeness (QED) is 0.715. The Kier molecular flexibility index (Phi) is 3.19. The molecule has 6 nitrogen and oxygen atoms in total. The molecule has 106 valence electrons. The molecule has 0 saturated carbocycles. The summed E-state index contributed by atoms with van der Waals surface area (Å²) in [6.45, 7) is 0. The Morgan fingerprint density at radius 2 is 1.81 bits per heavy atom. The van der Waals surface area contributed by atoms with E-state index in [1.165, 1.54) is 4.68 Å². The van der Waals surface area contributed by atoms with Crippen molar-refractivity contribution >= 4 is 5.82 Å². The Morgan fingerprint density at radius 1 is 1.05 bits per heavy atom. The summed E-state index contributed by atoms with van der Waals surface area (Å²) >= 11 is 0. The third kappa shape index (κ3) is 2.27. The Labute approximate surface area is 122 Å². The Hall–Kier alpha value is -3.02. The summed E-state index contributed by atoms with van der Waals surface area (Å²) in [5.41, 5.74) is 8.35. The van der Waals surface area contributed by atoms with E-state index < -0.39 is 0 Å². The number of nitrogens with zero attached hydrogens (tertiary/aromatic N) is 3. The molecule has 0 aliphatic heterocycles. The molecule has 0 radical (unpaired) electrons. The molecule has 3 rings (SSSR count). The van der Waals surface area contributed by atoms with Crippen molar-refractivity contribution in [2.75, 3.05) is 18.7 Å². The maximum atomic E-state index is 6.06. The van der Waals surface area contributed by atoms with Crippen LogP contribution in [0.25, 0.3) is 22.6 Å². The molecular formula is C15H15N5O. The van der Waals surface area contributed by atoms with Crippen molar-refractivity contribution < 1.29 is 4.74 Å². The summed E-state index contributed by atoms with van der Waals surface area (Å²) in [6, 6.07) is 13.3. The third-order valence-corrected chi connectivity index (χ3v) is 3.20. The number of anilines is 1. The average Bonchev–Trinajstić information content (AvgIpc) is 2.84. The zero-order valence-electron chi connectivity index (χ0n) is 11.5. The van der Waals surface area contributed by atoms with Crippen molar-refractivity contribution in [3.63, 3.8) is 0 Å². The van der Waals surface area contributed by atoms with Crippen LogP contribution in [0.4, 0.5) is 5.82 Å². The van der Waals surface area contributed by atoms with E-state index in [2.05, 4.69) is 9.97 Å². The summed E-state index contributed by atoms with van der Waals surface area (Å²) < 4.78 is 6.42. The van der Waals surface area contributed by atoms with Gasteiger partial charge in [-0.05, 0) is 6.07 Å². The van der Waals surface area contributed by atoms with Gasteiger partial charge in [-0.2, -0.15) is 0 Å². The summed E-state index contributed by atoms with van der Waals surface area (Å²) in [4.78, 5) is 8.70. The molecule has 0 bridgehead atoms. The van der Waals surface area contributed by atoms with Crippen LogP contribution in [0.1, 0.15) is 0 Å². The van der Waals surface area contributed by atoms with Crippen LogP contribution in [0.5, 0.6) is 5.88 Å². The van der Waals surface area contributed by atoms with E-state index in [1.54, 1.807) is 19.4 Å². The van der Waals surface area contributed by atoms with Gasteiger partial charge in [0, 0.05) is 23.4 Å². The van der Waals surface area contributed by atoms with Crippen LogP contribution in [0, 0.1) is 0 Å². The predicted octanol–water partition coefficient (Wildman–Crippen LogP) is 1.92. The number of hydrogen-bond acceptors (Lipinski definition) is 5. The van der Waals surface area contributed by atoms with Gasteiger partial charge in [0.15, 0.2) is 11.6 Å². The highest BCUT2D eigenvalue weighted by Crippen LogP contribution is 2.29. The lowest BCUT2D eigenvalue weighted by Gasteiger charge is -2.02. The first-order chi connectivity index (χ1) is 10.2. The predicted molar refractivity (Wildman–Crippen MR) is 82.0 cm³/mol. The van der Waals surface area contributed by atoms with Crippen molar-refractivity contribution in [2.45, 2.75) is 0 Å². The lowest BCUT2D eigenvalue weighted by atomic mass is 10.2. The van der Waals surface area contributed by atoms with E-state index in [9.17, 15) is 0 Å². The number of pyridine rings is 1. The molecule has 2 aromatic heterocycles. The number of aromatic nitrogens is 3. The second-order valence-corrected chi connectivity index (χ2v) is 4.49. The van der Waals surface area contributed by atoms with Crippen molar-refractivity contribution in [1.82, 2.24) is 14.6 Å². The van der Waals surface area contributed by atoms with Gasteiger partial charge >= 0.3 is 0 Å². The first kappa shape index (κ1) is 13.0. The summed E-state index contributed by atoms with van der Waals surface area (Å²) in [6.07, 6.45) is 1.66. The SMILES string of the molecule is COc1ccc(-c2nc(-c3ccccc3)n(N)c2N)cn1. The zero-order valence-corrected chi connectivity index (χ0v) is 11.5. The van der Waals surface area contributed by atoms with E-state index in [0.29, 0.717) is 23.2 Å². The molecular weight excluding hydrogens is 266 g/mol. The van der Waals surface area contributed by atoms with Crippen LogP contribution in [0.2, 0.25) is 0 Å². The Bertz CT molecular complexity index is 750. The fraction of sp³-hybridized carbons (Fsp3) is 0.0667. The molecule has 3 aromatic rings. The second-order valence-electron chi connectivity index (χ2n) is 4.49. The monoisotopic (exact) mass is 281 g/mol. The lowest BCUT2D eigenvalue weighted by molar-refractivity contribution is 0.398. The normalized spacial score (nSPS) is 10.5. The van der Waals surface area contributed by atoms with E-state index >= 15 is 0 Å². The van der Waals surface area contributed by atoms with Crippen molar-refractivity contribution in [3.05, 3.63) is 48.7 Å². The van der Waals surface area contributed by atoms with Gasteiger partial charge in [-0.15, -0.1) is 0 Å². The second kappa shape index (κ2) is 5.16. The van der Waals surface area contributed by atoms with Crippen LogP contribution in [0.15, 0.2) is 48.7 Å². The maximum absolute atomic E-state index is 6.06. The third-order valence-electron chi connectivity index (χ3n) is 3.20. The first-order valence-electron chi connectivity index (χ1n) is 6.40. The molecule has 4 N–H and O–H groups in total. The Morgan fingerprint density at radius 3 is 2.43 bits per heavy atom. The topological polar surface area (TPSA) is 92.0 Å². The van der Waals surface area contributed by atoms with Crippen LogP contribution in [-0.2, 0) is 0 Å². The van der Waals surface area contributed by atoms with E-state index in [1.807, 2.05) is 36.4 Å². The molecule has 0 atom stereocenters. The minimum absolute atomic E-state index is 0.390. The molecule has 0 unspecified atom stereocenters. The minimum Gasteiger partial charge on any atom is -0.481 e. The van der Waals surface area contributed by atoms with Gasteiger partial charge in [0.1, 0.15) is 5.69 Å². The molecule has 0 fully saturated rings. The van der Waals surface area contributed by atoms with Crippen LogP contribution < -0.4 is 16.3 Å². The van der Waals surface area contributed by atoms with Gasteiger partial charge in [0.2, 0.25) is 5.88 Å². The molecule has 6 heteroatoms. The Balaban J connectivity index is 2.08. The fourth-order valence-corrected chi connectivity index (χ4v) is 2.09. The highest BCUT2D eigenvalue weighted by molar-refractivity contribution is 5.75. The van der Waals surface area contributed by atoms with E-state index in [-0.39, 0.29) is 0 Å². The molecule has 0 aliphatic rings.